The highest BCUT2D eigenvalue weighted by molar-refractivity contribution is 9.09. The SMILES string of the molecule is CCc1cc(CC(=O)CBr)cc([N+](=O)[O-])c1. The highest BCUT2D eigenvalue weighted by Crippen LogP contribution is 2.18. The number of alkyl halides is 1. The lowest BCUT2D eigenvalue weighted by atomic mass is 10.0. The number of hydrogen-bond acceptors (Lipinski definition) is 3. The molecule has 0 aromatic heterocycles. The molecule has 0 unspecified atom stereocenters. The van der Waals surface area contributed by atoms with Crippen molar-refractivity contribution in [1.29, 1.82) is 0 Å². The Kier molecular flexibility index (Phi) is 4.61. The molecular formula is C11H12BrNO3. The number of aryl methyl sites for hydroxylation is 1. The predicted octanol–water partition coefficient (Wildman–Crippen LogP) is 2.66. The summed E-state index contributed by atoms with van der Waals surface area (Å²) < 4.78 is 0. The fourth-order valence-corrected chi connectivity index (χ4v) is 1.63. The van der Waals surface area contributed by atoms with Crippen molar-refractivity contribution in [2.45, 2.75) is 19.8 Å². The molecule has 4 nitrogen and oxygen atoms in total. The molecule has 0 fully saturated rings. The van der Waals surface area contributed by atoms with E-state index in [-0.39, 0.29) is 23.2 Å². The number of carbonyl (C=O) groups excluding carboxylic acids is 1. The molecule has 0 aliphatic rings. The van der Waals surface area contributed by atoms with Crippen molar-refractivity contribution >= 4 is 27.4 Å². The van der Waals surface area contributed by atoms with Crippen LogP contribution in [0.5, 0.6) is 0 Å². The average molecular weight is 286 g/mol. The van der Waals surface area contributed by atoms with Crippen molar-refractivity contribution in [2.75, 3.05) is 5.33 Å². The lowest BCUT2D eigenvalue weighted by Gasteiger charge is -2.03. The zero-order chi connectivity index (χ0) is 12.1. The Balaban J connectivity index is 3.04. The van der Waals surface area contributed by atoms with Gasteiger partial charge in [0.25, 0.3) is 5.69 Å². The van der Waals surface area contributed by atoms with Gasteiger partial charge < -0.3 is 0 Å². The molecule has 0 heterocycles. The smallest absolute Gasteiger partial charge is 0.269 e. The number of carbonyl (C=O) groups is 1. The standard InChI is InChI=1S/C11H12BrNO3/c1-2-8-3-9(6-11(14)7-12)5-10(4-8)13(15)16/h3-5H,2,6-7H2,1H3. The van der Waals surface area contributed by atoms with Crippen LogP contribution in [0.25, 0.3) is 0 Å². The van der Waals surface area contributed by atoms with Crippen molar-refractivity contribution in [1.82, 2.24) is 0 Å². The number of benzene rings is 1. The van der Waals surface area contributed by atoms with E-state index < -0.39 is 4.92 Å². The van der Waals surface area contributed by atoms with Crippen LogP contribution in [0.3, 0.4) is 0 Å². The van der Waals surface area contributed by atoms with Gasteiger partial charge in [-0.2, -0.15) is 0 Å². The van der Waals surface area contributed by atoms with E-state index in [0.717, 1.165) is 12.0 Å². The number of hydrogen-bond donors (Lipinski definition) is 0. The summed E-state index contributed by atoms with van der Waals surface area (Å²) in [5.41, 5.74) is 1.64. The molecule has 1 aromatic rings. The molecule has 0 saturated heterocycles. The number of rotatable bonds is 5. The Morgan fingerprint density at radius 1 is 1.38 bits per heavy atom. The monoisotopic (exact) mass is 285 g/mol. The van der Waals surface area contributed by atoms with E-state index in [1.807, 2.05) is 13.0 Å². The van der Waals surface area contributed by atoms with Crippen LogP contribution in [0.1, 0.15) is 18.1 Å². The van der Waals surface area contributed by atoms with Crippen molar-refractivity contribution in [3.05, 3.63) is 39.4 Å². The second-order valence-corrected chi connectivity index (χ2v) is 4.03. The van der Waals surface area contributed by atoms with E-state index >= 15 is 0 Å². The van der Waals surface area contributed by atoms with Gasteiger partial charge in [0.2, 0.25) is 0 Å². The zero-order valence-corrected chi connectivity index (χ0v) is 10.5. The third-order valence-electron chi connectivity index (χ3n) is 2.21. The topological polar surface area (TPSA) is 60.2 Å². The van der Waals surface area contributed by atoms with E-state index in [4.69, 9.17) is 0 Å². The first-order chi connectivity index (χ1) is 7.56. The number of nitrogens with zero attached hydrogens (tertiary/aromatic N) is 1. The van der Waals surface area contributed by atoms with Crippen LogP contribution in [0.15, 0.2) is 18.2 Å². The number of nitro benzene ring substituents is 1. The van der Waals surface area contributed by atoms with Gasteiger partial charge in [-0.15, -0.1) is 0 Å². The largest absolute Gasteiger partial charge is 0.298 e. The maximum atomic E-state index is 11.2. The summed E-state index contributed by atoms with van der Waals surface area (Å²) in [6, 6.07) is 4.84. The Labute approximate surface area is 102 Å². The minimum absolute atomic E-state index is 0.0163. The maximum Gasteiger partial charge on any atom is 0.269 e. The van der Waals surface area contributed by atoms with Crippen LogP contribution in [0, 0.1) is 10.1 Å². The molecule has 1 aromatic carbocycles. The summed E-state index contributed by atoms with van der Waals surface area (Å²) in [7, 11) is 0. The number of halogens is 1. The summed E-state index contributed by atoms with van der Waals surface area (Å²) >= 11 is 3.07. The number of nitro groups is 1. The van der Waals surface area contributed by atoms with Crippen molar-refractivity contribution in [3.63, 3.8) is 0 Å². The molecule has 0 radical (unpaired) electrons. The van der Waals surface area contributed by atoms with E-state index in [0.29, 0.717) is 5.56 Å². The number of ketones is 1. The van der Waals surface area contributed by atoms with Gasteiger partial charge in [0.05, 0.1) is 10.3 Å². The van der Waals surface area contributed by atoms with E-state index in [9.17, 15) is 14.9 Å². The summed E-state index contributed by atoms with van der Waals surface area (Å²) in [4.78, 5) is 21.5. The van der Waals surface area contributed by atoms with Crippen LogP contribution in [-0.4, -0.2) is 16.0 Å². The van der Waals surface area contributed by atoms with Gasteiger partial charge in [-0.05, 0) is 17.5 Å². The van der Waals surface area contributed by atoms with Gasteiger partial charge in [-0.1, -0.05) is 28.9 Å². The molecule has 16 heavy (non-hydrogen) atoms. The maximum absolute atomic E-state index is 11.2. The third kappa shape index (κ3) is 3.41. The average Bonchev–Trinajstić information content (AvgIpc) is 2.28. The van der Waals surface area contributed by atoms with E-state index in [2.05, 4.69) is 15.9 Å². The summed E-state index contributed by atoms with van der Waals surface area (Å²) in [5, 5.41) is 11.0. The molecule has 0 saturated carbocycles. The van der Waals surface area contributed by atoms with Crippen molar-refractivity contribution in [3.8, 4) is 0 Å². The summed E-state index contributed by atoms with van der Waals surface area (Å²) in [5.74, 6) is 0.0163. The van der Waals surface area contributed by atoms with Crippen LogP contribution in [0.2, 0.25) is 0 Å². The van der Waals surface area contributed by atoms with Crippen LogP contribution < -0.4 is 0 Å². The highest BCUT2D eigenvalue weighted by atomic mass is 79.9. The van der Waals surface area contributed by atoms with E-state index in [1.165, 1.54) is 6.07 Å². The quantitative estimate of drug-likeness (QED) is 0.475. The molecule has 0 aliphatic carbocycles. The lowest BCUT2D eigenvalue weighted by Crippen LogP contribution is -2.04. The minimum Gasteiger partial charge on any atom is -0.298 e. The predicted molar refractivity (Wildman–Crippen MR) is 65.0 cm³/mol. The van der Waals surface area contributed by atoms with Gasteiger partial charge in [0.15, 0.2) is 0 Å². The van der Waals surface area contributed by atoms with Crippen molar-refractivity contribution in [2.24, 2.45) is 0 Å². The molecule has 1 rings (SSSR count). The first-order valence-electron chi connectivity index (χ1n) is 4.91. The van der Waals surface area contributed by atoms with Gasteiger partial charge in [-0.25, -0.2) is 0 Å². The Morgan fingerprint density at radius 2 is 2.00 bits per heavy atom. The van der Waals surface area contributed by atoms with Gasteiger partial charge in [0.1, 0.15) is 5.78 Å². The molecule has 0 amide bonds. The zero-order valence-electron chi connectivity index (χ0n) is 8.90. The molecule has 0 atom stereocenters. The Hall–Kier alpha value is -1.23. The number of non-ortho nitro benzene ring substituents is 1. The van der Waals surface area contributed by atoms with Gasteiger partial charge in [-0.3, -0.25) is 14.9 Å². The first-order valence-corrected chi connectivity index (χ1v) is 6.03. The minimum atomic E-state index is -0.429. The number of Topliss-reactive ketones (excluding diaryl/α,β-unsaturated/α-hetero) is 1. The fourth-order valence-electron chi connectivity index (χ4n) is 1.43. The molecular weight excluding hydrogens is 274 g/mol. The molecule has 0 aliphatic heterocycles. The van der Waals surface area contributed by atoms with Gasteiger partial charge in [0, 0.05) is 18.6 Å². The molecule has 0 bridgehead atoms. The van der Waals surface area contributed by atoms with E-state index in [1.54, 1.807) is 6.07 Å². The highest BCUT2D eigenvalue weighted by Gasteiger charge is 2.11. The molecule has 5 heteroatoms. The Bertz CT molecular complexity index is 418. The van der Waals surface area contributed by atoms with Gasteiger partial charge >= 0.3 is 0 Å². The van der Waals surface area contributed by atoms with Crippen LogP contribution in [0.4, 0.5) is 5.69 Å². The first kappa shape index (κ1) is 12.8. The Morgan fingerprint density at radius 3 is 2.50 bits per heavy atom. The molecule has 0 spiro atoms. The lowest BCUT2D eigenvalue weighted by molar-refractivity contribution is -0.385. The van der Waals surface area contributed by atoms with Crippen LogP contribution in [-0.2, 0) is 17.6 Å². The fraction of sp³-hybridized carbons (Fsp3) is 0.364. The molecule has 0 N–H and O–H groups in total. The van der Waals surface area contributed by atoms with Crippen molar-refractivity contribution < 1.29 is 9.72 Å². The summed E-state index contributed by atoms with van der Waals surface area (Å²) in [6.07, 6.45) is 0.955. The van der Waals surface area contributed by atoms with Crippen LogP contribution >= 0.6 is 15.9 Å². The summed E-state index contributed by atoms with van der Waals surface area (Å²) in [6.45, 7) is 1.93. The normalized spacial score (nSPS) is 10.1. The second-order valence-electron chi connectivity index (χ2n) is 3.47. The molecule has 86 valence electrons. The second kappa shape index (κ2) is 5.75. The third-order valence-corrected chi connectivity index (χ3v) is 2.83.